The topological polar surface area (TPSA) is 12.0 Å². The lowest BCUT2D eigenvalue weighted by molar-refractivity contribution is 0.500. The molecule has 0 aliphatic heterocycles. The van der Waals surface area contributed by atoms with Gasteiger partial charge >= 0.3 is 0 Å². The van der Waals surface area contributed by atoms with Crippen LogP contribution in [0.2, 0.25) is 0 Å². The van der Waals surface area contributed by atoms with Crippen LogP contribution in [0.4, 0.5) is 0 Å². The van der Waals surface area contributed by atoms with Gasteiger partial charge in [0.25, 0.3) is 0 Å². The van der Waals surface area contributed by atoms with Crippen LogP contribution in [-0.4, -0.2) is 13.6 Å². The monoisotopic (exact) mass is 399 g/mol. The normalized spacial score (nSPS) is 12.7. The maximum atomic E-state index is 3.23. The zero-order chi connectivity index (χ0) is 21.0. The maximum Gasteiger partial charge on any atom is -0.00488 e. The Morgan fingerprint density at radius 3 is 2.24 bits per heavy atom. The van der Waals surface area contributed by atoms with E-state index < -0.39 is 0 Å². The Labute approximate surface area is 182 Å². The Hall–Kier alpha value is -1.08. The number of benzene rings is 1. The van der Waals surface area contributed by atoms with Crippen molar-refractivity contribution in [2.75, 3.05) is 13.6 Å². The first kappa shape index (κ1) is 26.0. The summed E-state index contributed by atoms with van der Waals surface area (Å²) in [6, 6.07) is 9.25. The summed E-state index contributed by atoms with van der Waals surface area (Å²) in [6.07, 6.45) is 25.0. The van der Waals surface area contributed by atoms with E-state index >= 15 is 0 Å². The molecule has 0 saturated heterocycles. The van der Waals surface area contributed by atoms with E-state index in [-0.39, 0.29) is 0 Å². The summed E-state index contributed by atoms with van der Waals surface area (Å²) in [6.45, 7) is 5.80. The summed E-state index contributed by atoms with van der Waals surface area (Å²) < 4.78 is 0. The van der Waals surface area contributed by atoms with E-state index in [0.29, 0.717) is 0 Å². The summed E-state index contributed by atoms with van der Waals surface area (Å²) in [5, 5.41) is 3.23. The van der Waals surface area contributed by atoms with Crippen molar-refractivity contribution in [3.63, 3.8) is 0 Å². The van der Waals surface area contributed by atoms with Gasteiger partial charge in [0, 0.05) is 0 Å². The number of allylic oxidation sites excluding steroid dienone is 2. The Morgan fingerprint density at radius 1 is 0.828 bits per heavy atom. The molecule has 1 N–H and O–H groups in total. The number of rotatable bonds is 19. The summed E-state index contributed by atoms with van der Waals surface area (Å²) >= 11 is 0. The third-order valence-electron chi connectivity index (χ3n) is 5.98. The zero-order valence-electron chi connectivity index (χ0n) is 19.9. The first-order chi connectivity index (χ1) is 14.3. The first-order valence-corrected chi connectivity index (χ1v) is 12.6. The lowest BCUT2D eigenvalue weighted by Crippen LogP contribution is -2.08. The van der Waals surface area contributed by atoms with Crippen LogP contribution in [0.3, 0.4) is 0 Å². The van der Waals surface area contributed by atoms with Crippen molar-refractivity contribution in [2.24, 2.45) is 5.92 Å². The third kappa shape index (κ3) is 15.4. The highest BCUT2D eigenvalue weighted by atomic mass is 14.8. The predicted molar refractivity (Wildman–Crippen MR) is 132 cm³/mol. The smallest absolute Gasteiger partial charge is 0.00488 e. The summed E-state index contributed by atoms with van der Waals surface area (Å²) in [5.41, 5.74) is 3.03. The zero-order valence-corrected chi connectivity index (χ0v) is 19.9. The Balaban J connectivity index is 1.96. The van der Waals surface area contributed by atoms with Crippen molar-refractivity contribution < 1.29 is 0 Å². The average Bonchev–Trinajstić information content (AvgIpc) is 2.73. The molecule has 0 aliphatic rings. The minimum atomic E-state index is 0.867. The van der Waals surface area contributed by atoms with Crippen LogP contribution in [-0.2, 0) is 12.8 Å². The Morgan fingerprint density at radius 2 is 1.52 bits per heavy atom. The molecule has 0 spiro atoms. The fourth-order valence-corrected chi connectivity index (χ4v) is 4.02. The largest absolute Gasteiger partial charge is 0.320 e. The highest BCUT2D eigenvalue weighted by molar-refractivity contribution is 5.23. The summed E-state index contributed by atoms with van der Waals surface area (Å²) in [4.78, 5) is 0. The van der Waals surface area contributed by atoms with E-state index in [2.05, 4.69) is 55.6 Å². The highest BCUT2D eigenvalue weighted by Gasteiger charge is 1.99. The van der Waals surface area contributed by atoms with Crippen LogP contribution in [0.25, 0.3) is 0 Å². The lowest BCUT2D eigenvalue weighted by Gasteiger charge is -2.07. The van der Waals surface area contributed by atoms with Crippen molar-refractivity contribution in [1.29, 1.82) is 0 Å². The van der Waals surface area contributed by atoms with Gasteiger partial charge in [-0.15, -0.1) is 0 Å². The van der Waals surface area contributed by atoms with Crippen LogP contribution in [0.15, 0.2) is 36.4 Å². The molecule has 29 heavy (non-hydrogen) atoms. The molecule has 0 saturated carbocycles. The quantitative estimate of drug-likeness (QED) is 0.182. The summed E-state index contributed by atoms with van der Waals surface area (Å²) in [5.74, 6) is 0.867. The molecule has 0 fully saturated rings. The predicted octanol–water partition coefficient (Wildman–Crippen LogP) is 8.27. The summed E-state index contributed by atoms with van der Waals surface area (Å²) in [7, 11) is 2.03. The second kappa shape index (κ2) is 18.9. The van der Waals surface area contributed by atoms with E-state index in [1.807, 2.05) is 7.05 Å². The average molecular weight is 400 g/mol. The van der Waals surface area contributed by atoms with Gasteiger partial charge in [-0.1, -0.05) is 102 Å². The first-order valence-electron chi connectivity index (χ1n) is 12.6. The number of hydrogen-bond acceptors (Lipinski definition) is 1. The molecule has 166 valence electrons. The SMILES string of the molecule is CCCCCC(C)C/C=C/CCCCCCCCc1cccc(CCCNC)c1. The molecular weight excluding hydrogens is 350 g/mol. The van der Waals surface area contributed by atoms with Gasteiger partial charge < -0.3 is 5.32 Å². The molecule has 1 aromatic carbocycles. The fraction of sp³-hybridized carbons (Fsp3) is 0.714. The van der Waals surface area contributed by atoms with Gasteiger partial charge in [0.15, 0.2) is 0 Å². The van der Waals surface area contributed by atoms with Crippen LogP contribution in [0.5, 0.6) is 0 Å². The lowest BCUT2D eigenvalue weighted by atomic mass is 9.99. The standard InChI is InChI=1S/C28H49N/c1-4-5-13-18-26(2)19-14-11-9-7-6-8-10-12-15-20-27-21-16-22-28(25-27)23-17-24-29-3/h11,14,16,21-22,25-26,29H,4-10,12-13,15,17-20,23-24H2,1-3H3/b14-11+. The van der Waals surface area contributed by atoms with E-state index in [1.54, 1.807) is 0 Å². The van der Waals surface area contributed by atoms with Crippen molar-refractivity contribution in [3.05, 3.63) is 47.5 Å². The minimum Gasteiger partial charge on any atom is -0.320 e. The number of aryl methyl sites for hydroxylation is 2. The molecule has 0 heterocycles. The number of hydrogen-bond donors (Lipinski definition) is 1. The van der Waals surface area contributed by atoms with Gasteiger partial charge in [-0.2, -0.15) is 0 Å². The van der Waals surface area contributed by atoms with Crippen molar-refractivity contribution in [2.45, 2.75) is 110 Å². The van der Waals surface area contributed by atoms with Gasteiger partial charge in [0.05, 0.1) is 0 Å². The van der Waals surface area contributed by atoms with Gasteiger partial charge in [0.2, 0.25) is 0 Å². The molecular formula is C28H49N. The van der Waals surface area contributed by atoms with E-state index in [0.717, 1.165) is 12.5 Å². The van der Waals surface area contributed by atoms with Crippen LogP contribution < -0.4 is 5.32 Å². The molecule has 1 atom stereocenters. The highest BCUT2D eigenvalue weighted by Crippen LogP contribution is 2.15. The van der Waals surface area contributed by atoms with Gasteiger partial charge in [0.1, 0.15) is 0 Å². The van der Waals surface area contributed by atoms with Crippen LogP contribution in [0, 0.1) is 5.92 Å². The molecule has 0 bridgehead atoms. The van der Waals surface area contributed by atoms with Crippen molar-refractivity contribution in [1.82, 2.24) is 5.32 Å². The molecule has 1 heteroatoms. The second-order valence-corrected chi connectivity index (χ2v) is 9.00. The Kier molecular flexibility index (Phi) is 16.9. The van der Waals surface area contributed by atoms with Gasteiger partial charge in [-0.3, -0.25) is 0 Å². The van der Waals surface area contributed by atoms with Crippen LogP contribution >= 0.6 is 0 Å². The third-order valence-corrected chi connectivity index (χ3v) is 5.98. The second-order valence-electron chi connectivity index (χ2n) is 9.00. The minimum absolute atomic E-state index is 0.867. The molecule has 0 aromatic heterocycles. The van der Waals surface area contributed by atoms with E-state index in [4.69, 9.17) is 0 Å². The van der Waals surface area contributed by atoms with Crippen molar-refractivity contribution in [3.8, 4) is 0 Å². The molecule has 1 unspecified atom stereocenters. The fourth-order valence-electron chi connectivity index (χ4n) is 4.02. The van der Waals surface area contributed by atoms with E-state index in [9.17, 15) is 0 Å². The van der Waals surface area contributed by atoms with E-state index in [1.165, 1.54) is 107 Å². The Bertz CT molecular complexity index is 505. The molecule has 1 aromatic rings. The number of nitrogens with one attached hydrogen (secondary N) is 1. The molecule has 0 amide bonds. The molecule has 0 radical (unpaired) electrons. The van der Waals surface area contributed by atoms with Crippen molar-refractivity contribution >= 4 is 0 Å². The van der Waals surface area contributed by atoms with Gasteiger partial charge in [-0.25, -0.2) is 0 Å². The molecule has 0 aliphatic carbocycles. The molecule has 1 nitrogen and oxygen atoms in total. The van der Waals surface area contributed by atoms with Crippen LogP contribution in [0.1, 0.15) is 108 Å². The molecule has 1 rings (SSSR count). The number of unbranched alkanes of at least 4 members (excludes halogenated alkanes) is 8. The van der Waals surface area contributed by atoms with Gasteiger partial charge in [-0.05, 0) is 75.6 Å². The maximum absolute atomic E-state index is 3.23.